The summed E-state index contributed by atoms with van der Waals surface area (Å²) in [5.74, 6) is 0.537. The van der Waals surface area contributed by atoms with Crippen molar-refractivity contribution in [2.75, 3.05) is 7.11 Å². The molecular formula is C22H21BF2O2. The molecule has 0 bridgehead atoms. The molecule has 0 atom stereocenters. The van der Waals surface area contributed by atoms with Crippen LogP contribution in [0, 0.1) is 0 Å². The number of hydrogen-bond acceptors (Lipinski definition) is 2. The summed E-state index contributed by atoms with van der Waals surface area (Å²) in [6.45, 7) is 3.21. The van der Waals surface area contributed by atoms with Crippen LogP contribution in [0.4, 0.5) is 8.63 Å². The Hall–Kier alpha value is -2.40. The summed E-state index contributed by atoms with van der Waals surface area (Å²) < 4.78 is 35.8. The van der Waals surface area contributed by atoms with E-state index in [9.17, 15) is 8.63 Å². The minimum Gasteiger partial charge on any atom is -0.496 e. The molecule has 0 aromatic heterocycles. The fourth-order valence-electron chi connectivity index (χ4n) is 4.06. The molecule has 0 aliphatic heterocycles. The maximum Gasteiger partial charge on any atom is 0.721 e. The monoisotopic (exact) mass is 366 g/mol. The lowest BCUT2D eigenvalue weighted by Crippen LogP contribution is -2.27. The van der Waals surface area contributed by atoms with Gasteiger partial charge in [0.05, 0.1) is 12.7 Å². The van der Waals surface area contributed by atoms with Crippen LogP contribution in [0.3, 0.4) is 0 Å². The number of methoxy groups -OCH3 is 1. The van der Waals surface area contributed by atoms with Gasteiger partial charge in [0.25, 0.3) is 0 Å². The van der Waals surface area contributed by atoms with E-state index in [1.54, 1.807) is 27.0 Å². The van der Waals surface area contributed by atoms with Gasteiger partial charge in [0.2, 0.25) is 0 Å². The molecule has 5 heteroatoms. The highest BCUT2D eigenvalue weighted by Crippen LogP contribution is 2.42. The number of rotatable bonds is 5. The molecule has 2 aromatic rings. The van der Waals surface area contributed by atoms with Gasteiger partial charge < -0.3 is 9.39 Å². The first-order chi connectivity index (χ1) is 12.9. The van der Waals surface area contributed by atoms with E-state index in [-0.39, 0.29) is 0 Å². The minimum atomic E-state index is -2.84. The quantitative estimate of drug-likeness (QED) is 0.484. The smallest absolute Gasteiger partial charge is 0.496 e. The van der Waals surface area contributed by atoms with Gasteiger partial charge in [0.1, 0.15) is 5.76 Å². The van der Waals surface area contributed by atoms with Crippen LogP contribution in [0.5, 0.6) is 0 Å². The summed E-state index contributed by atoms with van der Waals surface area (Å²) in [5.41, 5.74) is 4.89. The average molecular weight is 366 g/mol. The fraction of sp³-hybridized carbons (Fsp3) is 0.273. The van der Waals surface area contributed by atoms with Gasteiger partial charge in [-0.2, -0.15) is 0 Å². The molecule has 0 fully saturated rings. The zero-order valence-corrected chi connectivity index (χ0v) is 15.7. The summed E-state index contributed by atoms with van der Waals surface area (Å²) >= 11 is 0. The van der Waals surface area contributed by atoms with Crippen LogP contribution >= 0.6 is 0 Å². The van der Waals surface area contributed by atoms with E-state index in [4.69, 9.17) is 9.39 Å². The molecule has 138 valence electrons. The van der Waals surface area contributed by atoms with Crippen LogP contribution in [-0.2, 0) is 15.8 Å². The summed E-state index contributed by atoms with van der Waals surface area (Å²) in [7, 11) is -1.28. The molecule has 0 amide bonds. The normalized spacial score (nSPS) is 15.7. The first kappa shape index (κ1) is 18.0. The van der Waals surface area contributed by atoms with Crippen molar-refractivity contribution in [2.24, 2.45) is 0 Å². The van der Waals surface area contributed by atoms with Crippen LogP contribution in [0.1, 0.15) is 42.5 Å². The zero-order chi connectivity index (χ0) is 19.2. The third kappa shape index (κ3) is 3.21. The molecule has 0 radical (unpaired) electrons. The number of allylic oxidation sites excluding steroid dienone is 3. The third-order valence-electron chi connectivity index (χ3n) is 5.18. The second kappa shape index (κ2) is 6.64. The maximum absolute atomic E-state index is 12.7. The molecule has 2 aromatic carbocycles. The highest BCUT2D eigenvalue weighted by molar-refractivity contribution is 6.34. The van der Waals surface area contributed by atoms with Crippen molar-refractivity contribution in [2.45, 2.75) is 32.3 Å². The Morgan fingerprint density at radius 1 is 1.15 bits per heavy atom. The van der Waals surface area contributed by atoms with E-state index in [1.807, 2.05) is 6.07 Å². The fourth-order valence-corrected chi connectivity index (χ4v) is 4.06. The van der Waals surface area contributed by atoms with Crippen molar-refractivity contribution >= 4 is 35.7 Å². The van der Waals surface area contributed by atoms with Gasteiger partial charge in [0, 0.05) is 5.56 Å². The molecule has 0 unspecified atom stereocenters. The maximum atomic E-state index is 12.7. The second-order valence-corrected chi connectivity index (χ2v) is 7.46. The van der Waals surface area contributed by atoms with E-state index in [2.05, 4.69) is 36.4 Å². The zero-order valence-electron chi connectivity index (χ0n) is 15.7. The Bertz CT molecular complexity index is 1000. The topological polar surface area (TPSA) is 18.5 Å². The molecule has 0 heterocycles. The SMILES string of the molecule is CO/C(=C\C(C)(C)OB(F)F)c1ccc2c3c4c(ccc13)C=CCC4=CC2. The molecular weight excluding hydrogens is 345 g/mol. The largest absolute Gasteiger partial charge is 0.721 e. The molecule has 0 N–H and O–H groups in total. The number of hydrogen-bond donors (Lipinski definition) is 0. The first-order valence-electron chi connectivity index (χ1n) is 9.07. The highest BCUT2D eigenvalue weighted by Gasteiger charge is 2.28. The third-order valence-corrected chi connectivity index (χ3v) is 5.18. The van der Waals surface area contributed by atoms with Crippen LogP contribution in [0.2, 0.25) is 0 Å². The van der Waals surface area contributed by atoms with Crippen LogP contribution in [0.25, 0.3) is 28.2 Å². The lowest BCUT2D eigenvalue weighted by molar-refractivity contribution is 0.122. The van der Waals surface area contributed by atoms with Gasteiger partial charge in [-0.3, -0.25) is 8.63 Å². The second-order valence-electron chi connectivity index (χ2n) is 7.46. The van der Waals surface area contributed by atoms with Crippen molar-refractivity contribution in [3.8, 4) is 0 Å². The van der Waals surface area contributed by atoms with Crippen molar-refractivity contribution in [3.63, 3.8) is 0 Å². The predicted molar refractivity (Wildman–Crippen MR) is 107 cm³/mol. The number of ether oxygens (including phenoxy) is 1. The summed E-state index contributed by atoms with van der Waals surface area (Å²) in [6.07, 6.45) is 10.1. The van der Waals surface area contributed by atoms with Crippen LogP contribution in [-0.4, -0.2) is 20.2 Å². The lowest BCUT2D eigenvalue weighted by Gasteiger charge is -2.26. The molecule has 0 spiro atoms. The minimum absolute atomic E-state index is 0.537. The van der Waals surface area contributed by atoms with Crippen LogP contribution < -0.4 is 0 Å². The van der Waals surface area contributed by atoms with Gasteiger partial charge in [0.15, 0.2) is 0 Å². The van der Waals surface area contributed by atoms with Gasteiger partial charge in [-0.15, -0.1) is 0 Å². The van der Waals surface area contributed by atoms with E-state index in [0.29, 0.717) is 5.76 Å². The first-order valence-corrected chi connectivity index (χ1v) is 9.07. The highest BCUT2D eigenvalue weighted by atomic mass is 19.2. The molecule has 4 rings (SSSR count). The Morgan fingerprint density at radius 3 is 2.70 bits per heavy atom. The molecule has 2 aliphatic carbocycles. The van der Waals surface area contributed by atoms with Gasteiger partial charge in [-0.25, -0.2) is 0 Å². The lowest BCUT2D eigenvalue weighted by atomic mass is 9.80. The van der Waals surface area contributed by atoms with Crippen molar-refractivity contribution in [3.05, 3.63) is 64.7 Å². The van der Waals surface area contributed by atoms with E-state index in [0.717, 1.165) is 23.8 Å². The average Bonchev–Trinajstić information content (AvgIpc) is 2.63. The van der Waals surface area contributed by atoms with Crippen molar-refractivity contribution in [1.82, 2.24) is 0 Å². The van der Waals surface area contributed by atoms with Gasteiger partial charge in [-0.1, -0.05) is 42.5 Å². The number of halogens is 2. The molecule has 2 aliphatic rings. The number of benzene rings is 2. The summed E-state index contributed by atoms with van der Waals surface area (Å²) in [6, 6.07) is 8.33. The van der Waals surface area contributed by atoms with Crippen LogP contribution in [0.15, 0.2) is 42.5 Å². The Kier molecular flexibility index (Phi) is 4.43. The van der Waals surface area contributed by atoms with E-state index >= 15 is 0 Å². The summed E-state index contributed by atoms with van der Waals surface area (Å²) in [4.78, 5) is 0. The summed E-state index contributed by atoms with van der Waals surface area (Å²) in [5, 5.41) is 2.32. The van der Waals surface area contributed by atoms with Crippen molar-refractivity contribution in [1.29, 1.82) is 0 Å². The van der Waals surface area contributed by atoms with E-state index in [1.165, 1.54) is 27.6 Å². The van der Waals surface area contributed by atoms with Gasteiger partial charge in [-0.05, 0) is 65.8 Å². The van der Waals surface area contributed by atoms with Crippen molar-refractivity contribution < 1.29 is 18.0 Å². The molecule has 0 saturated heterocycles. The molecule has 27 heavy (non-hydrogen) atoms. The molecule has 2 nitrogen and oxygen atoms in total. The standard InChI is InChI=1S/C22H21BF2O2/c1-22(2,27-23(24)25)13-19(26-3)17-11-9-16-8-7-14-5-4-6-15-10-12-18(17)21(16)20(14)15/h4,6-7,9-13H,5,8H2,1-3H3/b19-13-. The Morgan fingerprint density at radius 2 is 1.96 bits per heavy atom. The Labute approximate surface area is 158 Å². The van der Waals surface area contributed by atoms with Gasteiger partial charge >= 0.3 is 7.47 Å². The predicted octanol–water partition coefficient (Wildman–Crippen LogP) is 5.90. The van der Waals surface area contributed by atoms with E-state index < -0.39 is 13.1 Å². The Balaban J connectivity index is 1.92. The molecule has 0 saturated carbocycles.